The molecule has 2 aromatic rings. The lowest BCUT2D eigenvalue weighted by molar-refractivity contribution is -0.142. The molecule has 1 aliphatic heterocycles. The van der Waals surface area contributed by atoms with Gasteiger partial charge in [-0.2, -0.15) is 0 Å². The number of hydrogen-bond donors (Lipinski definition) is 1. The summed E-state index contributed by atoms with van der Waals surface area (Å²) in [6, 6.07) is 0. The molecule has 0 radical (unpaired) electrons. The van der Waals surface area contributed by atoms with Crippen LogP contribution in [-0.4, -0.2) is 38.3 Å². The maximum absolute atomic E-state index is 12.8. The van der Waals surface area contributed by atoms with Crippen LogP contribution in [0.15, 0.2) is 15.8 Å². The summed E-state index contributed by atoms with van der Waals surface area (Å²) >= 11 is 0. The quantitative estimate of drug-likeness (QED) is 0.869. The molecule has 3 rings (SSSR count). The molecule has 3 heterocycles. The number of aromatic nitrogens is 3. The molecule has 0 saturated carbocycles. The largest absolute Gasteiger partial charge is 0.481 e. The molecule has 8 nitrogen and oxygen atoms in total. The van der Waals surface area contributed by atoms with Crippen LogP contribution in [0.1, 0.15) is 25.3 Å². The highest BCUT2D eigenvalue weighted by molar-refractivity contribution is 5.91. The molecule has 0 aliphatic carbocycles. The minimum atomic E-state index is -0.770. The van der Waals surface area contributed by atoms with Crippen molar-refractivity contribution in [2.45, 2.75) is 26.2 Å². The molecule has 1 N–H and O–H groups in total. The molecule has 2 aromatic heterocycles. The fourth-order valence-corrected chi connectivity index (χ4v) is 3.52. The number of rotatable bonds is 3. The summed E-state index contributed by atoms with van der Waals surface area (Å²) in [5.41, 5.74) is 1.30. The number of carboxylic acids is 1. The van der Waals surface area contributed by atoms with Crippen molar-refractivity contribution in [3.63, 3.8) is 0 Å². The third-order valence-electron chi connectivity index (χ3n) is 5.06. The lowest BCUT2D eigenvalue weighted by atomic mass is 9.95. The van der Waals surface area contributed by atoms with Gasteiger partial charge >= 0.3 is 11.7 Å². The van der Waals surface area contributed by atoms with E-state index >= 15 is 0 Å². The number of hydrogen-bond acceptors (Lipinski definition) is 5. The zero-order valence-electron chi connectivity index (χ0n) is 14.7. The maximum Gasteiger partial charge on any atom is 0.332 e. The van der Waals surface area contributed by atoms with E-state index < -0.39 is 11.7 Å². The van der Waals surface area contributed by atoms with E-state index in [1.807, 2.05) is 6.92 Å². The van der Waals surface area contributed by atoms with Gasteiger partial charge in [0.2, 0.25) is 0 Å². The van der Waals surface area contributed by atoms with Crippen LogP contribution >= 0.6 is 0 Å². The summed E-state index contributed by atoms with van der Waals surface area (Å²) in [5.74, 6) is -1.12. The number of aryl methyl sites for hydroxylation is 2. The number of anilines is 1. The van der Waals surface area contributed by atoms with E-state index in [4.69, 9.17) is 0 Å². The predicted octanol–water partition coefficient (Wildman–Crippen LogP) is 0.496. The highest BCUT2D eigenvalue weighted by atomic mass is 16.4. The van der Waals surface area contributed by atoms with Crippen LogP contribution < -0.4 is 16.1 Å². The number of piperidine rings is 1. The summed E-state index contributed by atoms with van der Waals surface area (Å²) < 4.78 is 2.47. The van der Waals surface area contributed by atoms with E-state index in [9.17, 15) is 19.5 Å². The smallest absolute Gasteiger partial charge is 0.332 e. The van der Waals surface area contributed by atoms with Crippen molar-refractivity contribution in [2.24, 2.45) is 20.0 Å². The number of pyridine rings is 1. The molecule has 0 atom stereocenters. The first kappa shape index (κ1) is 17.2. The van der Waals surface area contributed by atoms with Crippen molar-refractivity contribution >= 4 is 22.7 Å². The van der Waals surface area contributed by atoms with Gasteiger partial charge < -0.3 is 10.0 Å². The second-order valence-corrected chi connectivity index (χ2v) is 6.49. The monoisotopic (exact) mass is 346 g/mol. The van der Waals surface area contributed by atoms with Crippen LogP contribution in [0.2, 0.25) is 0 Å². The van der Waals surface area contributed by atoms with Crippen LogP contribution in [0.3, 0.4) is 0 Å². The molecule has 0 spiro atoms. The van der Waals surface area contributed by atoms with Crippen molar-refractivity contribution in [3.05, 3.63) is 32.6 Å². The van der Waals surface area contributed by atoms with Gasteiger partial charge in [-0.05, 0) is 24.8 Å². The van der Waals surface area contributed by atoms with Gasteiger partial charge in [-0.15, -0.1) is 0 Å². The Kier molecular flexibility index (Phi) is 4.36. The lowest BCUT2D eigenvalue weighted by Crippen LogP contribution is -2.40. The molecule has 0 aromatic carbocycles. The minimum absolute atomic E-state index is 0.346. The molecule has 0 bridgehead atoms. The SMILES string of the molecule is CCc1cnc2c(c1N1CCC(C(=O)O)CC1)c(=O)n(C)c(=O)n2C. The Morgan fingerprint density at radius 2 is 1.88 bits per heavy atom. The minimum Gasteiger partial charge on any atom is -0.481 e. The van der Waals surface area contributed by atoms with Crippen LogP contribution in [-0.2, 0) is 25.3 Å². The Labute approximate surface area is 144 Å². The van der Waals surface area contributed by atoms with Gasteiger partial charge in [0.1, 0.15) is 5.39 Å². The van der Waals surface area contributed by atoms with Crippen molar-refractivity contribution in [2.75, 3.05) is 18.0 Å². The predicted molar refractivity (Wildman–Crippen MR) is 94.2 cm³/mol. The van der Waals surface area contributed by atoms with Crippen LogP contribution in [0.5, 0.6) is 0 Å². The summed E-state index contributed by atoms with van der Waals surface area (Å²) in [7, 11) is 3.06. The average Bonchev–Trinajstić information content (AvgIpc) is 2.63. The first-order valence-corrected chi connectivity index (χ1v) is 8.42. The van der Waals surface area contributed by atoms with Gasteiger partial charge in [0.05, 0.1) is 11.6 Å². The zero-order valence-corrected chi connectivity index (χ0v) is 14.7. The molecule has 25 heavy (non-hydrogen) atoms. The van der Waals surface area contributed by atoms with Crippen molar-refractivity contribution in [1.82, 2.24) is 14.1 Å². The summed E-state index contributed by atoms with van der Waals surface area (Å²) in [5, 5.41) is 9.62. The Morgan fingerprint density at radius 1 is 1.24 bits per heavy atom. The molecule has 0 unspecified atom stereocenters. The fraction of sp³-hybridized carbons (Fsp3) is 0.529. The molecule has 8 heteroatoms. The van der Waals surface area contributed by atoms with E-state index in [1.54, 1.807) is 13.2 Å². The number of fused-ring (bicyclic) bond motifs is 1. The van der Waals surface area contributed by atoms with Gasteiger partial charge in [0.15, 0.2) is 5.65 Å². The Balaban J connectivity index is 2.22. The second kappa shape index (κ2) is 6.34. The maximum atomic E-state index is 12.8. The van der Waals surface area contributed by atoms with Gasteiger partial charge in [-0.25, -0.2) is 9.78 Å². The molecular weight excluding hydrogens is 324 g/mol. The van der Waals surface area contributed by atoms with E-state index in [-0.39, 0.29) is 11.5 Å². The Morgan fingerprint density at radius 3 is 2.44 bits per heavy atom. The van der Waals surface area contributed by atoms with Crippen molar-refractivity contribution < 1.29 is 9.90 Å². The standard InChI is InChI=1S/C17H22N4O4/c1-4-10-9-18-14-12(15(22)20(3)17(25)19(14)2)13(10)21-7-5-11(6-8-21)16(23)24/h9,11H,4-8H2,1-3H3,(H,23,24). The highest BCUT2D eigenvalue weighted by Gasteiger charge is 2.28. The summed E-state index contributed by atoms with van der Waals surface area (Å²) in [6.07, 6.45) is 3.48. The van der Waals surface area contributed by atoms with E-state index in [1.165, 1.54) is 11.6 Å². The van der Waals surface area contributed by atoms with Crippen molar-refractivity contribution in [1.29, 1.82) is 0 Å². The van der Waals surface area contributed by atoms with Gasteiger partial charge in [0.25, 0.3) is 5.56 Å². The zero-order chi connectivity index (χ0) is 18.3. The Bertz CT molecular complexity index is 952. The van der Waals surface area contributed by atoms with Crippen LogP contribution in [0.25, 0.3) is 11.0 Å². The van der Waals surface area contributed by atoms with Crippen molar-refractivity contribution in [3.8, 4) is 0 Å². The highest BCUT2D eigenvalue weighted by Crippen LogP contribution is 2.31. The number of aliphatic carboxylic acids is 1. The second-order valence-electron chi connectivity index (χ2n) is 6.49. The van der Waals surface area contributed by atoms with Gasteiger partial charge in [0, 0.05) is 33.4 Å². The first-order chi connectivity index (χ1) is 11.9. The number of carbonyl (C=O) groups is 1. The normalized spacial score (nSPS) is 15.7. The topological polar surface area (TPSA) is 97.4 Å². The fourth-order valence-electron chi connectivity index (χ4n) is 3.52. The molecular formula is C17H22N4O4. The van der Waals surface area contributed by atoms with Crippen LogP contribution in [0.4, 0.5) is 5.69 Å². The molecule has 0 amide bonds. The van der Waals surface area contributed by atoms with Gasteiger partial charge in [-0.3, -0.25) is 18.7 Å². The summed E-state index contributed by atoms with van der Waals surface area (Å²) in [4.78, 5) is 42.6. The van der Waals surface area contributed by atoms with E-state index in [0.29, 0.717) is 43.4 Å². The molecule has 1 fully saturated rings. The van der Waals surface area contributed by atoms with Crippen LogP contribution in [0, 0.1) is 5.92 Å². The lowest BCUT2D eigenvalue weighted by Gasteiger charge is -2.33. The molecule has 1 saturated heterocycles. The van der Waals surface area contributed by atoms with Gasteiger partial charge in [-0.1, -0.05) is 6.92 Å². The third-order valence-corrected chi connectivity index (χ3v) is 5.06. The van der Waals surface area contributed by atoms with E-state index in [0.717, 1.165) is 15.8 Å². The Hall–Kier alpha value is -2.64. The average molecular weight is 346 g/mol. The molecule has 134 valence electrons. The number of nitrogens with zero attached hydrogens (tertiary/aromatic N) is 4. The number of carboxylic acid groups (broad SMARTS) is 1. The third kappa shape index (κ3) is 2.71. The van der Waals surface area contributed by atoms with E-state index in [2.05, 4.69) is 9.88 Å². The summed E-state index contributed by atoms with van der Waals surface area (Å²) in [6.45, 7) is 3.12. The first-order valence-electron chi connectivity index (χ1n) is 8.42. The molecule has 1 aliphatic rings.